The van der Waals surface area contributed by atoms with E-state index < -0.39 is 21.7 Å². The van der Waals surface area contributed by atoms with Crippen LogP contribution in [0.15, 0.2) is 41.3 Å². The lowest BCUT2D eigenvalue weighted by Crippen LogP contribution is -2.52. The minimum atomic E-state index is -3.76. The number of sulfonamides is 1. The number of rotatable bonds is 5. The molecule has 1 amide bonds. The van der Waals surface area contributed by atoms with Gasteiger partial charge in [0.05, 0.1) is 24.7 Å². The molecule has 0 radical (unpaired) electrons. The van der Waals surface area contributed by atoms with Gasteiger partial charge in [0.25, 0.3) is 0 Å². The van der Waals surface area contributed by atoms with E-state index in [-0.39, 0.29) is 43.5 Å². The Morgan fingerprint density at radius 2 is 1.67 bits per heavy atom. The third kappa shape index (κ3) is 5.03. The van der Waals surface area contributed by atoms with Gasteiger partial charge < -0.3 is 19.3 Å². The average molecular weight is 482 g/mol. The maximum Gasteiger partial charge on any atom is 0.243 e. The summed E-state index contributed by atoms with van der Waals surface area (Å²) in [5, 5.41) is 0. The number of hydrogen-bond donors (Lipinski definition) is 0. The topological polar surface area (TPSA) is 79.4 Å². The van der Waals surface area contributed by atoms with E-state index in [1.165, 1.54) is 27.4 Å². The fraction of sp³-hybridized carbons (Fsp3) is 0.409. The Bertz CT molecular complexity index is 1140. The van der Waals surface area contributed by atoms with Gasteiger partial charge in [-0.1, -0.05) is 0 Å². The second kappa shape index (κ2) is 9.52. The number of hydrogen-bond acceptors (Lipinski definition) is 6. The standard InChI is InChI=1S/C22H25F2N3O5S/c1-25(16-3-5-18(23)19(24)13-16)15-22(28)26-7-9-27(10-8-26)33(29,30)17-4-6-20-21(14-17)32-12-2-11-31-20/h3-6,13-14H,2,7-12,15H2,1H3. The first-order valence-corrected chi connectivity index (χ1v) is 12.0. The van der Waals surface area contributed by atoms with E-state index in [1.54, 1.807) is 18.0 Å². The highest BCUT2D eigenvalue weighted by Gasteiger charge is 2.31. The molecule has 0 spiro atoms. The Morgan fingerprint density at radius 3 is 2.36 bits per heavy atom. The van der Waals surface area contributed by atoms with Crippen LogP contribution in [0.25, 0.3) is 0 Å². The Morgan fingerprint density at radius 1 is 0.970 bits per heavy atom. The molecule has 0 aromatic heterocycles. The van der Waals surface area contributed by atoms with Crippen molar-refractivity contribution in [2.45, 2.75) is 11.3 Å². The minimum absolute atomic E-state index is 0.0417. The number of halogens is 2. The van der Waals surface area contributed by atoms with Crippen molar-refractivity contribution in [3.63, 3.8) is 0 Å². The highest BCUT2D eigenvalue weighted by Crippen LogP contribution is 2.33. The molecule has 0 bridgehead atoms. The Labute approximate surface area is 191 Å². The smallest absolute Gasteiger partial charge is 0.243 e. The summed E-state index contributed by atoms with van der Waals surface area (Å²) in [6.45, 7) is 1.69. The van der Waals surface area contributed by atoms with Gasteiger partial charge in [0.15, 0.2) is 23.1 Å². The van der Waals surface area contributed by atoms with Crippen molar-refractivity contribution >= 4 is 21.6 Å². The molecule has 1 fully saturated rings. The first-order valence-electron chi connectivity index (χ1n) is 10.6. The molecule has 0 aliphatic carbocycles. The number of nitrogens with zero attached hydrogens (tertiary/aromatic N) is 3. The van der Waals surface area contributed by atoms with Crippen LogP contribution < -0.4 is 14.4 Å². The number of fused-ring (bicyclic) bond motifs is 1. The second-order valence-electron chi connectivity index (χ2n) is 7.90. The zero-order valence-electron chi connectivity index (χ0n) is 18.2. The predicted molar refractivity (Wildman–Crippen MR) is 117 cm³/mol. The third-order valence-corrected chi connectivity index (χ3v) is 7.56. The molecule has 2 aromatic carbocycles. The molecule has 2 aliphatic rings. The third-order valence-electron chi connectivity index (χ3n) is 5.66. The number of anilines is 1. The first-order chi connectivity index (χ1) is 15.8. The second-order valence-corrected chi connectivity index (χ2v) is 9.84. The van der Waals surface area contributed by atoms with Gasteiger partial charge in [0.2, 0.25) is 15.9 Å². The lowest BCUT2D eigenvalue weighted by molar-refractivity contribution is -0.130. The highest BCUT2D eigenvalue weighted by molar-refractivity contribution is 7.89. The predicted octanol–water partition coefficient (Wildman–Crippen LogP) is 2.10. The summed E-state index contributed by atoms with van der Waals surface area (Å²) in [7, 11) is -2.15. The lowest BCUT2D eigenvalue weighted by Gasteiger charge is -2.35. The van der Waals surface area contributed by atoms with Crippen LogP contribution in [0.3, 0.4) is 0 Å². The van der Waals surface area contributed by atoms with Crippen molar-refractivity contribution in [2.24, 2.45) is 0 Å². The van der Waals surface area contributed by atoms with Gasteiger partial charge in [-0.25, -0.2) is 17.2 Å². The zero-order valence-corrected chi connectivity index (χ0v) is 19.0. The average Bonchev–Trinajstić information content (AvgIpc) is 3.05. The van der Waals surface area contributed by atoms with Crippen LogP contribution in [0, 0.1) is 11.6 Å². The molecule has 178 valence electrons. The molecule has 0 unspecified atom stereocenters. The molecule has 2 aromatic rings. The van der Waals surface area contributed by atoms with Crippen LogP contribution in [0.5, 0.6) is 11.5 Å². The van der Waals surface area contributed by atoms with Gasteiger partial charge in [-0.3, -0.25) is 4.79 Å². The number of ether oxygens (including phenoxy) is 2. The monoisotopic (exact) mass is 481 g/mol. The molecule has 0 atom stereocenters. The minimum Gasteiger partial charge on any atom is -0.490 e. The van der Waals surface area contributed by atoms with Crippen molar-refractivity contribution in [1.82, 2.24) is 9.21 Å². The number of amides is 1. The van der Waals surface area contributed by atoms with E-state index in [0.29, 0.717) is 30.4 Å². The van der Waals surface area contributed by atoms with Gasteiger partial charge in [-0.15, -0.1) is 0 Å². The number of benzene rings is 2. The molecule has 2 aliphatic heterocycles. The van der Waals surface area contributed by atoms with Crippen molar-refractivity contribution < 1.29 is 31.5 Å². The molecule has 4 rings (SSSR count). The van der Waals surface area contributed by atoms with E-state index >= 15 is 0 Å². The molecular weight excluding hydrogens is 456 g/mol. The normalized spacial score (nSPS) is 16.9. The maximum atomic E-state index is 13.5. The van der Waals surface area contributed by atoms with Crippen molar-refractivity contribution in [3.8, 4) is 11.5 Å². The summed E-state index contributed by atoms with van der Waals surface area (Å²) in [5.74, 6) is -1.24. The summed E-state index contributed by atoms with van der Waals surface area (Å²) >= 11 is 0. The van der Waals surface area contributed by atoms with Crippen molar-refractivity contribution in [1.29, 1.82) is 0 Å². The zero-order chi connectivity index (χ0) is 23.6. The van der Waals surface area contributed by atoms with Crippen LogP contribution >= 0.6 is 0 Å². The summed E-state index contributed by atoms with van der Waals surface area (Å²) in [6, 6.07) is 8.01. The van der Waals surface area contributed by atoms with Crippen LogP contribution in [0.1, 0.15) is 6.42 Å². The Hall–Kier alpha value is -2.92. The fourth-order valence-corrected chi connectivity index (χ4v) is 5.19. The first kappa shape index (κ1) is 23.2. The van der Waals surface area contributed by atoms with Gasteiger partial charge in [0, 0.05) is 57.5 Å². The van der Waals surface area contributed by atoms with E-state index in [4.69, 9.17) is 9.47 Å². The summed E-state index contributed by atoms with van der Waals surface area (Å²) in [5.41, 5.74) is 0.373. The number of likely N-dealkylation sites (N-methyl/N-ethyl adjacent to an activating group) is 1. The van der Waals surface area contributed by atoms with Gasteiger partial charge in [-0.2, -0.15) is 4.31 Å². The van der Waals surface area contributed by atoms with E-state index in [9.17, 15) is 22.0 Å². The van der Waals surface area contributed by atoms with E-state index in [1.807, 2.05) is 0 Å². The van der Waals surface area contributed by atoms with Gasteiger partial charge >= 0.3 is 0 Å². The summed E-state index contributed by atoms with van der Waals surface area (Å²) < 4.78 is 65.3. The lowest BCUT2D eigenvalue weighted by atomic mass is 10.2. The molecule has 0 saturated carbocycles. The largest absolute Gasteiger partial charge is 0.490 e. The van der Waals surface area contributed by atoms with Gasteiger partial charge in [-0.05, 0) is 24.3 Å². The summed E-state index contributed by atoms with van der Waals surface area (Å²) in [4.78, 5) is 15.9. The molecule has 0 N–H and O–H groups in total. The van der Waals surface area contributed by atoms with Crippen LogP contribution in [0.2, 0.25) is 0 Å². The molecule has 33 heavy (non-hydrogen) atoms. The number of carbonyl (C=O) groups excluding carboxylic acids is 1. The molecule has 1 saturated heterocycles. The maximum absolute atomic E-state index is 13.5. The van der Waals surface area contributed by atoms with Crippen molar-refractivity contribution in [2.75, 3.05) is 57.9 Å². The van der Waals surface area contributed by atoms with Crippen LogP contribution in [0.4, 0.5) is 14.5 Å². The van der Waals surface area contributed by atoms with Crippen molar-refractivity contribution in [3.05, 3.63) is 48.0 Å². The van der Waals surface area contributed by atoms with Gasteiger partial charge in [0.1, 0.15) is 0 Å². The Balaban J connectivity index is 1.37. The highest BCUT2D eigenvalue weighted by atomic mass is 32.2. The van der Waals surface area contributed by atoms with Crippen LogP contribution in [-0.2, 0) is 14.8 Å². The Kier molecular flexibility index (Phi) is 6.71. The quantitative estimate of drug-likeness (QED) is 0.651. The van der Waals surface area contributed by atoms with E-state index in [2.05, 4.69) is 0 Å². The summed E-state index contributed by atoms with van der Waals surface area (Å²) in [6.07, 6.45) is 0.720. The molecule has 8 nitrogen and oxygen atoms in total. The number of piperazine rings is 1. The number of carbonyl (C=O) groups is 1. The SMILES string of the molecule is CN(CC(=O)N1CCN(S(=O)(=O)c2ccc3c(c2)OCCCO3)CC1)c1ccc(F)c(F)c1. The van der Waals surface area contributed by atoms with E-state index in [0.717, 1.165) is 18.6 Å². The fourth-order valence-electron chi connectivity index (χ4n) is 3.75. The molecular formula is C22H25F2N3O5S. The van der Waals surface area contributed by atoms with Crippen LogP contribution in [-0.4, -0.2) is 76.5 Å². The molecule has 11 heteroatoms. The molecule has 2 heterocycles.